The first-order valence-corrected chi connectivity index (χ1v) is 16.0. The zero-order valence-electron chi connectivity index (χ0n) is 26.0. The molecule has 3 heterocycles. The van der Waals surface area contributed by atoms with E-state index in [4.69, 9.17) is 9.97 Å². The summed E-state index contributed by atoms with van der Waals surface area (Å²) in [6, 6.07) is 58.8. The highest BCUT2D eigenvalue weighted by atomic mass is 15.3. The summed E-state index contributed by atoms with van der Waals surface area (Å²) < 4.78 is 4.36. The van der Waals surface area contributed by atoms with Crippen molar-refractivity contribution >= 4 is 34.6 Å². The van der Waals surface area contributed by atoms with Gasteiger partial charge < -0.3 is 0 Å². The molecule has 1 aliphatic rings. The highest BCUT2D eigenvalue weighted by Crippen LogP contribution is 2.42. The maximum Gasteiger partial charge on any atom is 0.220 e. The Balaban J connectivity index is 1.37. The van der Waals surface area contributed by atoms with Crippen molar-refractivity contribution in [2.24, 2.45) is 0 Å². The SMILES string of the molecule is c1ccc(N2c3cccc(c3)-c3cn(-c4ccccc4)c(n3)N(c3ccccc3)c3cccc(c3)-c3cn(-c4ccccc4)c2n3)cc1. The smallest absolute Gasteiger partial charge is 0.220 e. The summed E-state index contributed by atoms with van der Waals surface area (Å²) >= 11 is 0. The Hall–Kier alpha value is -6.66. The van der Waals surface area contributed by atoms with E-state index in [9.17, 15) is 0 Å². The van der Waals surface area contributed by atoms with Crippen molar-refractivity contribution in [1.29, 1.82) is 0 Å². The van der Waals surface area contributed by atoms with Crippen molar-refractivity contribution in [3.8, 4) is 33.9 Å². The number of benzene rings is 6. The number of nitrogens with zero attached hydrogens (tertiary/aromatic N) is 6. The molecule has 6 heteroatoms. The number of imidazole rings is 2. The van der Waals surface area contributed by atoms with Crippen molar-refractivity contribution in [1.82, 2.24) is 19.1 Å². The Morgan fingerprint density at radius 2 is 0.646 bits per heavy atom. The van der Waals surface area contributed by atoms with E-state index in [0.29, 0.717) is 0 Å². The minimum Gasteiger partial charge on any atom is -0.285 e. The molecule has 0 saturated heterocycles. The monoisotopic (exact) mass is 618 g/mol. The lowest BCUT2D eigenvalue weighted by Gasteiger charge is -2.26. The number of hydrogen-bond donors (Lipinski definition) is 0. The first-order chi connectivity index (χ1) is 23.8. The van der Waals surface area contributed by atoms with E-state index in [-0.39, 0.29) is 0 Å². The quantitative estimate of drug-likeness (QED) is 0.197. The molecular weight excluding hydrogens is 589 g/mol. The van der Waals surface area contributed by atoms with Gasteiger partial charge in [0, 0.05) is 57.6 Å². The lowest BCUT2D eigenvalue weighted by atomic mass is 10.1. The average Bonchev–Trinajstić information content (AvgIpc) is 3.80. The van der Waals surface area contributed by atoms with Gasteiger partial charge in [-0.2, -0.15) is 0 Å². The third kappa shape index (κ3) is 4.84. The minimum atomic E-state index is 0.789. The minimum absolute atomic E-state index is 0.789. The van der Waals surface area contributed by atoms with Crippen LogP contribution in [-0.4, -0.2) is 19.1 Å². The second-order valence-corrected chi connectivity index (χ2v) is 11.7. The summed E-state index contributed by atoms with van der Waals surface area (Å²) in [7, 11) is 0. The van der Waals surface area contributed by atoms with Crippen LogP contribution in [-0.2, 0) is 0 Å². The molecule has 0 unspecified atom stereocenters. The fourth-order valence-corrected chi connectivity index (χ4v) is 6.41. The molecule has 0 atom stereocenters. The van der Waals surface area contributed by atoms with Crippen LogP contribution in [0.1, 0.15) is 0 Å². The maximum absolute atomic E-state index is 5.39. The van der Waals surface area contributed by atoms with Gasteiger partial charge in [-0.1, -0.05) is 97.1 Å². The molecular formula is C42H30N6. The van der Waals surface area contributed by atoms with Crippen molar-refractivity contribution in [3.63, 3.8) is 0 Å². The molecule has 8 aromatic rings. The summed E-state index contributed by atoms with van der Waals surface area (Å²) in [5, 5.41) is 0. The molecule has 6 nitrogen and oxygen atoms in total. The third-order valence-corrected chi connectivity index (χ3v) is 8.67. The summed E-state index contributed by atoms with van der Waals surface area (Å²) in [4.78, 5) is 15.2. The third-order valence-electron chi connectivity index (χ3n) is 8.67. The van der Waals surface area contributed by atoms with Crippen LogP contribution >= 0.6 is 0 Å². The second-order valence-electron chi connectivity index (χ2n) is 11.7. The fraction of sp³-hybridized carbons (Fsp3) is 0. The van der Waals surface area contributed by atoms with Crippen LogP contribution < -0.4 is 9.80 Å². The normalized spacial score (nSPS) is 12.1. The molecule has 0 amide bonds. The van der Waals surface area contributed by atoms with Gasteiger partial charge in [-0.15, -0.1) is 0 Å². The Morgan fingerprint density at radius 1 is 0.312 bits per heavy atom. The number of aromatic nitrogens is 4. The highest BCUT2D eigenvalue weighted by molar-refractivity contribution is 5.83. The van der Waals surface area contributed by atoms with Gasteiger partial charge in [0.2, 0.25) is 11.9 Å². The standard InChI is InChI=1S/C42H30N6/c1-5-17-33(18-6-1)45-29-39-31-15-13-26-38(27-31)48(36-23-11-4-12-24-36)42-44-40(30-46(42)34-19-7-2-8-20-34)32-16-14-25-37(28-32)47(41(45)43-39)35-21-9-3-10-22-35/h1-30H. The Morgan fingerprint density at radius 3 is 1.02 bits per heavy atom. The lowest BCUT2D eigenvalue weighted by Crippen LogP contribution is -2.15. The van der Waals surface area contributed by atoms with Crippen LogP contribution in [0.2, 0.25) is 0 Å². The molecule has 2 aromatic heterocycles. The van der Waals surface area contributed by atoms with Crippen molar-refractivity contribution < 1.29 is 0 Å². The molecule has 48 heavy (non-hydrogen) atoms. The molecule has 8 bridgehead atoms. The molecule has 0 radical (unpaired) electrons. The lowest BCUT2D eigenvalue weighted by molar-refractivity contribution is 1.01. The van der Waals surface area contributed by atoms with Gasteiger partial charge >= 0.3 is 0 Å². The van der Waals surface area contributed by atoms with Crippen LogP contribution in [0.3, 0.4) is 0 Å². The average molecular weight is 619 g/mol. The topological polar surface area (TPSA) is 42.1 Å². The highest BCUT2D eigenvalue weighted by Gasteiger charge is 2.25. The number of fused-ring (bicyclic) bond motifs is 10. The molecule has 1 aliphatic heterocycles. The largest absolute Gasteiger partial charge is 0.285 e. The summed E-state index contributed by atoms with van der Waals surface area (Å²) in [5.41, 5.74) is 9.77. The van der Waals surface area contributed by atoms with Crippen molar-refractivity contribution in [3.05, 3.63) is 182 Å². The zero-order chi connectivity index (χ0) is 31.9. The number of hydrogen-bond acceptors (Lipinski definition) is 4. The molecule has 6 aromatic carbocycles. The number of anilines is 6. The molecule has 0 spiro atoms. The predicted octanol–water partition coefficient (Wildman–Crippen LogP) is 10.6. The van der Waals surface area contributed by atoms with Crippen molar-refractivity contribution in [2.45, 2.75) is 0 Å². The predicted molar refractivity (Wildman–Crippen MR) is 194 cm³/mol. The maximum atomic E-state index is 5.39. The first-order valence-electron chi connectivity index (χ1n) is 16.0. The van der Waals surface area contributed by atoms with E-state index in [1.165, 1.54) is 0 Å². The van der Waals surface area contributed by atoms with Crippen LogP contribution in [0, 0.1) is 0 Å². The number of para-hydroxylation sites is 4. The molecule has 0 N–H and O–H groups in total. The molecule has 0 aliphatic carbocycles. The molecule has 0 fully saturated rings. The summed E-state index contributed by atoms with van der Waals surface area (Å²) in [6.45, 7) is 0. The van der Waals surface area contributed by atoms with E-state index in [1.807, 2.05) is 24.3 Å². The van der Waals surface area contributed by atoms with Gasteiger partial charge in [0.05, 0.1) is 11.4 Å². The van der Waals surface area contributed by atoms with Crippen LogP contribution in [0.25, 0.3) is 33.9 Å². The van der Waals surface area contributed by atoms with Gasteiger partial charge in [-0.3, -0.25) is 18.9 Å². The van der Waals surface area contributed by atoms with Gasteiger partial charge in [-0.25, -0.2) is 9.97 Å². The van der Waals surface area contributed by atoms with Gasteiger partial charge in [-0.05, 0) is 72.8 Å². The second kappa shape index (κ2) is 11.6. The number of rotatable bonds is 4. The van der Waals surface area contributed by atoms with E-state index >= 15 is 0 Å². The molecule has 228 valence electrons. The van der Waals surface area contributed by atoms with E-state index in [2.05, 4.69) is 177 Å². The first kappa shape index (κ1) is 27.6. The van der Waals surface area contributed by atoms with E-state index < -0.39 is 0 Å². The Labute approximate surface area is 279 Å². The van der Waals surface area contributed by atoms with Gasteiger partial charge in [0.1, 0.15) is 0 Å². The zero-order valence-corrected chi connectivity index (χ0v) is 26.0. The molecule has 9 rings (SSSR count). The van der Waals surface area contributed by atoms with Gasteiger partial charge in [0.25, 0.3) is 0 Å². The summed E-state index contributed by atoms with van der Waals surface area (Å²) in [5.74, 6) is 1.58. The Bertz CT molecular complexity index is 2180. The van der Waals surface area contributed by atoms with Crippen LogP contribution in [0.5, 0.6) is 0 Å². The molecule has 0 saturated carbocycles. The van der Waals surface area contributed by atoms with Crippen molar-refractivity contribution in [2.75, 3.05) is 9.80 Å². The van der Waals surface area contributed by atoms with E-state index in [0.717, 1.165) is 68.5 Å². The Kier molecular flexibility index (Phi) is 6.68. The van der Waals surface area contributed by atoms with E-state index in [1.54, 1.807) is 0 Å². The summed E-state index contributed by atoms with van der Waals surface area (Å²) in [6.07, 6.45) is 4.27. The van der Waals surface area contributed by atoms with Crippen LogP contribution in [0.4, 0.5) is 34.6 Å². The van der Waals surface area contributed by atoms with Gasteiger partial charge in [0.15, 0.2) is 0 Å². The van der Waals surface area contributed by atoms with Crippen LogP contribution in [0.15, 0.2) is 182 Å². The fourth-order valence-electron chi connectivity index (χ4n) is 6.41.